The summed E-state index contributed by atoms with van der Waals surface area (Å²) < 4.78 is 16.7. The second-order valence-electron chi connectivity index (χ2n) is 16.7. The van der Waals surface area contributed by atoms with Gasteiger partial charge in [0, 0.05) is 19.3 Å². The van der Waals surface area contributed by atoms with E-state index in [9.17, 15) is 14.4 Å². The Labute approximate surface area is 359 Å². The molecule has 0 aliphatic rings. The van der Waals surface area contributed by atoms with Crippen molar-refractivity contribution in [2.75, 3.05) is 13.2 Å². The molecule has 0 aromatic carbocycles. The first-order valence-corrected chi connectivity index (χ1v) is 25.0. The van der Waals surface area contributed by atoms with Gasteiger partial charge in [-0.05, 0) is 89.9 Å². The summed E-state index contributed by atoms with van der Waals surface area (Å²) >= 11 is 0. The van der Waals surface area contributed by atoms with E-state index in [4.69, 9.17) is 14.2 Å². The fourth-order valence-corrected chi connectivity index (χ4v) is 7.00. The number of carbonyl (C=O) groups is 3. The molecule has 338 valence electrons. The second kappa shape index (κ2) is 47.3. The molecule has 0 aliphatic heterocycles. The zero-order valence-electron chi connectivity index (χ0n) is 38.6. The Kier molecular flexibility index (Phi) is 45.4. The lowest BCUT2D eigenvalue weighted by molar-refractivity contribution is -0.167. The molecule has 0 saturated heterocycles. The molecule has 0 aliphatic carbocycles. The fourth-order valence-electron chi connectivity index (χ4n) is 7.00. The van der Waals surface area contributed by atoms with E-state index in [2.05, 4.69) is 57.2 Å². The molecule has 6 nitrogen and oxygen atoms in total. The normalized spacial score (nSPS) is 12.3. The third-order valence-corrected chi connectivity index (χ3v) is 10.8. The Morgan fingerprint density at radius 3 is 0.914 bits per heavy atom. The molecule has 0 rings (SSSR count). The Hall–Kier alpha value is -2.37. The minimum absolute atomic E-state index is 0.0813. The van der Waals surface area contributed by atoms with Crippen LogP contribution in [-0.4, -0.2) is 37.2 Å². The molecule has 0 saturated carbocycles. The molecular formula is C52H94O6. The highest BCUT2D eigenvalue weighted by molar-refractivity contribution is 5.71. The molecule has 0 aromatic heterocycles. The van der Waals surface area contributed by atoms with Crippen molar-refractivity contribution in [1.29, 1.82) is 0 Å². The van der Waals surface area contributed by atoms with E-state index in [1.54, 1.807) is 0 Å². The predicted molar refractivity (Wildman–Crippen MR) is 247 cm³/mol. The fraction of sp³-hybridized carbons (Fsp3) is 0.827. The van der Waals surface area contributed by atoms with Crippen LogP contribution in [0.5, 0.6) is 0 Å². The van der Waals surface area contributed by atoms with Crippen molar-refractivity contribution in [2.24, 2.45) is 0 Å². The van der Waals surface area contributed by atoms with E-state index < -0.39 is 6.10 Å². The van der Waals surface area contributed by atoms with Crippen LogP contribution in [0.2, 0.25) is 0 Å². The number of hydrogen-bond donors (Lipinski definition) is 0. The number of ether oxygens (including phenoxy) is 3. The largest absolute Gasteiger partial charge is 0.462 e. The first-order chi connectivity index (χ1) is 28.5. The van der Waals surface area contributed by atoms with Crippen molar-refractivity contribution >= 4 is 17.9 Å². The zero-order valence-corrected chi connectivity index (χ0v) is 38.6. The standard InChI is InChI=1S/C52H94O6/c1-4-7-10-13-16-19-22-24-26-28-30-33-36-39-42-45-51(54)57-48-49(47-56-50(53)44-41-38-35-32-29-21-18-15-12-9-6-3)58-52(55)46-43-40-37-34-31-27-25-23-20-17-14-11-8-5-2/h15,18,23-26,49H,4-14,16-17,19-22,27-48H2,1-3H3/b18-15-,25-23-,26-24-. The van der Waals surface area contributed by atoms with E-state index in [0.717, 1.165) is 83.5 Å². The van der Waals surface area contributed by atoms with Crippen molar-refractivity contribution in [3.05, 3.63) is 36.5 Å². The molecule has 6 heteroatoms. The number of rotatable bonds is 45. The van der Waals surface area contributed by atoms with Gasteiger partial charge in [0.25, 0.3) is 0 Å². The lowest BCUT2D eigenvalue weighted by atomic mass is 10.1. The van der Waals surface area contributed by atoms with Crippen molar-refractivity contribution < 1.29 is 28.6 Å². The second-order valence-corrected chi connectivity index (χ2v) is 16.7. The molecule has 0 aromatic rings. The molecular weight excluding hydrogens is 721 g/mol. The van der Waals surface area contributed by atoms with Gasteiger partial charge in [-0.2, -0.15) is 0 Å². The van der Waals surface area contributed by atoms with Crippen molar-refractivity contribution in [2.45, 2.75) is 264 Å². The number of unbranched alkanes of at least 4 members (excludes halogenated alkanes) is 28. The molecule has 1 atom stereocenters. The van der Waals surface area contributed by atoms with Crippen LogP contribution < -0.4 is 0 Å². The van der Waals surface area contributed by atoms with Crippen molar-refractivity contribution in [3.63, 3.8) is 0 Å². The van der Waals surface area contributed by atoms with Crippen LogP contribution >= 0.6 is 0 Å². The van der Waals surface area contributed by atoms with E-state index in [1.807, 2.05) is 0 Å². The number of carbonyl (C=O) groups excluding carboxylic acids is 3. The summed E-state index contributed by atoms with van der Waals surface area (Å²) in [4.78, 5) is 37.9. The average molecular weight is 815 g/mol. The quantitative estimate of drug-likeness (QED) is 0.0264. The van der Waals surface area contributed by atoms with Gasteiger partial charge in [-0.1, -0.05) is 186 Å². The maximum Gasteiger partial charge on any atom is 0.306 e. The summed E-state index contributed by atoms with van der Waals surface area (Å²) in [7, 11) is 0. The number of esters is 3. The molecule has 0 amide bonds. The monoisotopic (exact) mass is 815 g/mol. The highest BCUT2D eigenvalue weighted by Gasteiger charge is 2.19. The summed E-state index contributed by atoms with van der Waals surface area (Å²) in [5.74, 6) is -0.902. The third kappa shape index (κ3) is 44.7. The molecule has 1 unspecified atom stereocenters. The van der Waals surface area contributed by atoms with Gasteiger partial charge in [-0.25, -0.2) is 0 Å². The molecule has 0 bridgehead atoms. The highest BCUT2D eigenvalue weighted by Crippen LogP contribution is 2.14. The Bertz CT molecular complexity index is 984. The van der Waals surface area contributed by atoms with Crippen molar-refractivity contribution in [3.8, 4) is 0 Å². The highest BCUT2D eigenvalue weighted by atomic mass is 16.6. The lowest BCUT2D eigenvalue weighted by Crippen LogP contribution is -2.30. The molecule has 0 heterocycles. The minimum Gasteiger partial charge on any atom is -0.462 e. The third-order valence-electron chi connectivity index (χ3n) is 10.8. The van der Waals surface area contributed by atoms with E-state index >= 15 is 0 Å². The predicted octanol–water partition coefficient (Wildman–Crippen LogP) is 16.1. The van der Waals surface area contributed by atoms with Gasteiger partial charge in [0.1, 0.15) is 13.2 Å². The van der Waals surface area contributed by atoms with E-state index in [0.29, 0.717) is 19.3 Å². The van der Waals surface area contributed by atoms with Gasteiger partial charge >= 0.3 is 17.9 Å². The minimum atomic E-state index is -0.779. The van der Waals surface area contributed by atoms with Crippen LogP contribution in [0.15, 0.2) is 36.5 Å². The van der Waals surface area contributed by atoms with Gasteiger partial charge in [0.05, 0.1) is 0 Å². The lowest BCUT2D eigenvalue weighted by Gasteiger charge is -2.18. The number of hydrogen-bond acceptors (Lipinski definition) is 6. The maximum atomic E-state index is 12.8. The first kappa shape index (κ1) is 55.6. The summed E-state index contributed by atoms with van der Waals surface area (Å²) in [5.41, 5.74) is 0. The Morgan fingerprint density at radius 2 is 0.586 bits per heavy atom. The molecule has 0 radical (unpaired) electrons. The van der Waals surface area contributed by atoms with Gasteiger partial charge < -0.3 is 14.2 Å². The topological polar surface area (TPSA) is 78.9 Å². The summed E-state index contributed by atoms with van der Waals surface area (Å²) in [6.07, 6.45) is 54.1. The molecule has 0 spiro atoms. The van der Waals surface area contributed by atoms with E-state index in [-0.39, 0.29) is 31.1 Å². The molecule has 0 fully saturated rings. The smallest absolute Gasteiger partial charge is 0.306 e. The summed E-state index contributed by atoms with van der Waals surface area (Å²) in [6.45, 7) is 6.57. The van der Waals surface area contributed by atoms with Crippen LogP contribution in [0.3, 0.4) is 0 Å². The SMILES string of the molecule is CCCC/C=C\CCCCCCCC(=O)OCC(COC(=O)CCCCCCC/C=C\CCCCCCCC)OC(=O)CCCCCCC/C=C\CCCCCCC. The van der Waals surface area contributed by atoms with Crippen molar-refractivity contribution in [1.82, 2.24) is 0 Å². The Balaban J connectivity index is 4.38. The number of allylic oxidation sites excluding steroid dienone is 6. The maximum absolute atomic E-state index is 12.8. The van der Waals surface area contributed by atoms with Gasteiger partial charge in [-0.3, -0.25) is 14.4 Å². The zero-order chi connectivity index (χ0) is 42.3. The van der Waals surface area contributed by atoms with Crippen LogP contribution in [0.25, 0.3) is 0 Å². The van der Waals surface area contributed by atoms with Crippen LogP contribution in [-0.2, 0) is 28.6 Å². The van der Waals surface area contributed by atoms with Gasteiger partial charge in [-0.15, -0.1) is 0 Å². The average Bonchev–Trinajstić information content (AvgIpc) is 3.22. The Morgan fingerprint density at radius 1 is 0.328 bits per heavy atom. The van der Waals surface area contributed by atoms with Crippen LogP contribution in [0, 0.1) is 0 Å². The van der Waals surface area contributed by atoms with Gasteiger partial charge in [0.2, 0.25) is 0 Å². The first-order valence-electron chi connectivity index (χ1n) is 25.0. The molecule has 0 N–H and O–H groups in total. The van der Waals surface area contributed by atoms with Gasteiger partial charge in [0.15, 0.2) is 6.10 Å². The molecule has 58 heavy (non-hydrogen) atoms. The van der Waals surface area contributed by atoms with Crippen LogP contribution in [0.4, 0.5) is 0 Å². The van der Waals surface area contributed by atoms with Crippen LogP contribution in [0.1, 0.15) is 258 Å². The summed E-state index contributed by atoms with van der Waals surface area (Å²) in [5, 5.41) is 0. The summed E-state index contributed by atoms with van der Waals surface area (Å²) in [6, 6.07) is 0. The van der Waals surface area contributed by atoms with E-state index in [1.165, 1.54) is 135 Å².